The van der Waals surface area contributed by atoms with E-state index in [2.05, 4.69) is 33.0 Å². The summed E-state index contributed by atoms with van der Waals surface area (Å²) in [4.78, 5) is 30.9. The molecule has 0 spiro atoms. The van der Waals surface area contributed by atoms with Crippen LogP contribution in [-0.2, 0) is 4.79 Å². The Morgan fingerprint density at radius 2 is 1.76 bits per heavy atom. The summed E-state index contributed by atoms with van der Waals surface area (Å²) in [5.41, 5.74) is 3.15. The van der Waals surface area contributed by atoms with Gasteiger partial charge in [-0.2, -0.15) is 9.78 Å². The summed E-state index contributed by atoms with van der Waals surface area (Å²) in [6.07, 6.45) is 1.53. The van der Waals surface area contributed by atoms with Gasteiger partial charge in [-0.15, -0.1) is 0 Å². The summed E-state index contributed by atoms with van der Waals surface area (Å²) in [6, 6.07) is 25.3. The first-order valence-corrected chi connectivity index (χ1v) is 14.9. The van der Waals surface area contributed by atoms with E-state index in [0.29, 0.717) is 54.3 Å². The van der Waals surface area contributed by atoms with Crippen molar-refractivity contribution >= 4 is 62.3 Å². The van der Waals surface area contributed by atoms with Gasteiger partial charge in [0.1, 0.15) is 11.3 Å². The Morgan fingerprint density at radius 1 is 0.978 bits per heavy atom. The Kier molecular flexibility index (Phi) is 8.52. The van der Waals surface area contributed by atoms with Crippen LogP contribution in [0, 0.1) is 10.5 Å². The molecular weight excluding hydrogens is 687 g/mol. The number of hydrogen-bond acceptors (Lipinski definition) is 8. The number of amides is 1. The molecule has 6 rings (SSSR count). The third-order valence-corrected chi connectivity index (χ3v) is 7.77. The first kappa shape index (κ1) is 29.9. The predicted octanol–water partition coefficient (Wildman–Crippen LogP) is 6.64. The Hall–Kier alpha value is -5.17. The Bertz CT molecular complexity index is 2140. The third-order valence-electron chi connectivity index (χ3n) is 6.97. The molecular formula is C34H27IN4O6. The molecule has 226 valence electrons. The molecule has 0 aliphatic carbocycles. The fourth-order valence-electron chi connectivity index (χ4n) is 4.76. The monoisotopic (exact) mass is 714 g/mol. The van der Waals surface area contributed by atoms with Crippen molar-refractivity contribution in [3.63, 3.8) is 0 Å². The van der Waals surface area contributed by atoms with E-state index in [9.17, 15) is 9.59 Å². The van der Waals surface area contributed by atoms with Gasteiger partial charge in [0.2, 0.25) is 5.82 Å². The maximum Gasteiger partial charge on any atom is 0.282 e. The van der Waals surface area contributed by atoms with Gasteiger partial charge < -0.3 is 23.9 Å². The van der Waals surface area contributed by atoms with Gasteiger partial charge in [-0.05, 0) is 89.7 Å². The van der Waals surface area contributed by atoms with Crippen LogP contribution in [0.5, 0.6) is 17.2 Å². The van der Waals surface area contributed by atoms with Crippen molar-refractivity contribution in [1.29, 1.82) is 0 Å². The number of carbonyl (C=O) groups excluding carboxylic acids is 1. The number of fused-ring (bicyclic) bond motifs is 2. The molecule has 4 aromatic carbocycles. The minimum atomic E-state index is -0.361. The number of methoxy groups -OCH3 is 2. The zero-order valence-corrected chi connectivity index (χ0v) is 26.7. The fraction of sp³-hybridized carbons (Fsp3) is 0.118. The summed E-state index contributed by atoms with van der Waals surface area (Å²) in [5.74, 6) is 1.73. The summed E-state index contributed by atoms with van der Waals surface area (Å²) in [5, 5.41) is 8.52. The SMILES string of the molecule is COc1cc(C=Nn2c(-c3cc4c(OC)cccc4o3)nc3ccccc3c2=O)cc(I)c1OCC(=O)Nc1ccc(C)cc1. The highest BCUT2D eigenvalue weighted by atomic mass is 127. The number of aryl methyl sites for hydroxylation is 1. The molecule has 6 aromatic rings. The molecule has 1 amide bonds. The van der Waals surface area contributed by atoms with Crippen LogP contribution in [0.25, 0.3) is 33.5 Å². The second-order valence-electron chi connectivity index (χ2n) is 10.0. The van der Waals surface area contributed by atoms with Crippen LogP contribution in [0.15, 0.2) is 99.2 Å². The lowest BCUT2D eigenvalue weighted by Gasteiger charge is -2.14. The molecule has 0 bridgehead atoms. The second-order valence-corrected chi connectivity index (χ2v) is 11.2. The number of benzene rings is 4. The molecule has 2 heterocycles. The first-order valence-electron chi connectivity index (χ1n) is 13.8. The van der Waals surface area contributed by atoms with Crippen LogP contribution < -0.4 is 25.1 Å². The van der Waals surface area contributed by atoms with E-state index in [1.807, 2.05) is 61.5 Å². The average molecular weight is 715 g/mol. The molecule has 0 fully saturated rings. The minimum Gasteiger partial charge on any atom is -0.496 e. The van der Waals surface area contributed by atoms with Crippen molar-refractivity contribution in [3.8, 4) is 28.8 Å². The quantitative estimate of drug-likeness (QED) is 0.132. The lowest BCUT2D eigenvalue weighted by molar-refractivity contribution is -0.118. The number of ether oxygens (including phenoxy) is 3. The number of halogens is 1. The summed E-state index contributed by atoms with van der Waals surface area (Å²) < 4.78 is 24.9. The Labute approximate surface area is 271 Å². The van der Waals surface area contributed by atoms with Crippen LogP contribution in [0.3, 0.4) is 0 Å². The average Bonchev–Trinajstić information content (AvgIpc) is 3.49. The second kappa shape index (κ2) is 12.8. The number of rotatable bonds is 9. The standard InChI is InChI=1S/C34H27IN4O6/c1-20-11-13-22(14-12-20)37-31(40)19-44-32-25(35)15-21(16-29(32)43-3)18-36-39-33(38-26-8-5-4-7-23(26)34(39)41)30-17-24-27(42-2)9-6-10-28(24)45-30/h4-18H,19H2,1-3H3,(H,37,40). The molecule has 1 N–H and O–H groups in total. The van der Waals surface area contributed by atoms with Crippen molar-refractivity contribution in [2.75, 3.05) is 26.1 Å². The first-order chi connectivity index (χ1) is 21.8. The Morgan fingerprint density at radius 3 is 2.53 bits per heavy atom. The molecule has 2 aromatic heterocycles. The number of anilines is 1. The number of aromatic nitrogens is 2. The Balaban J connectivity index is 1.32. The third kappa shape index (κ3) is 6.25. The van der Waals surface area contributed by atoms with E-state index in [0.717, 1.165) is 10.9 Å². The smallest absolute Gasteiger partial charge is 0.282 e. The molecule has 11 heteroatoms. The molecule has 0 aliphatic heterocycles. The van der Waals surface area contributed by atoms with Crippen molar-refractivity contribution in [3.05, 3.63) is 110 Å². The molecule has 0 saturated carbocycles. The minimum absolute atomic E-state index is 0.211. The number of carbonyl (C=O) groups is 1. The van der Waals surface area contributed by atoms with Crippen LogP contribution in [0.4, 0.5) is 5.69 Å². The normalized spacial score (nSPS) is 11.3. The van der Waals surface area contributed by atoms with Crippen LogP contribution in [0.2, 0.25) is 0 Å². The van der Waals surface area contributed by atoms with Crippen LogP contribution in [0.1, 0.15) is 11.1 Å². The maximum absolute atomic E-state index is 13.7. The van der Waals surface area contributed by atoms with Crippen LogP contribution >= 0.6 is 22.6 Å². The number of para-hydroxylation sites is 1. The molecule has 0 atom stereocenters. The van der Waals surface area contributed by atoms with Gasteiger partial charge in [0, 0.05) is 5.69 Å². The van der Waals surface area contributed by atoms with Gasteiger partial charge >= 0.3 is 0 Å². The van der Waals surface area contributed by atoms with Gasteiger partial charge in [-0.3, -0.25) is 9.59 Å². The predicted molar refractivity (Wildman–Crippen MR) is 182 cm³/mol. The molecule has 0 aliphatic rings. The number of nitrogens with zero attached hydrogens (tertiary/aromatic N) is 3. The molecule has 0 saturated heterocycles. The molecule has 10 nitrogen and oxygen atoms in total. The highest BCUT2D eigenvalue weighted by Gasteiger charge is 2.18. The van der Waals surface area contributed by atoms with Gasteiger partial charge in [0.25, 0.3) is 11.5 Å². The highest BCUT2D eigenvalue weighted by Crippen LogP contribution is 2.35. The number of furan rings is 1. The van der Waals surface area contributed by atoms with Crippen molar-refractivity contribution in [2.45, 2.75) is 6.92 Å². The summed E-state index contributed by atoms with van der Waals surface area (Å²) in [6.45, 7) is 1.77. The zero-order chi connectivity index (χ0) is 31.5. The van der Waals surface area contributed by atoms with Gasteiger partial charge in [-0.1, -0.05) is 35.9 Å². The summed E-state index contributed by atoms with van der Waals surface area (Å²) in [7, 11) is 3.10. The molecule has 45 heavy (non-hydrogen) atoms. The van der Waals surface area contributed by atoms with Gasteiger partial charge in [0.05, 0.1) is 40.3 Å². The van der Waals surface area contributed by atoms with Crippen LogP contribution in [-0.4, -0.2) is 42.6 Å². The summed E-state index contributed by atoms with van der Waals surface area (Å²) >= 11 is 2.11. The number of nitrogens with one attached hydrogen (secondary N) is 1. The lowest BCUT2D eigenvalue weighted by atomic mass is 10.2. The van der Waals surface area contributed by atoms with Gasteiger partial charge in [0.15, 0.2) is 23.9 Å². The van der Waals surface area contributed by atoms with Gasteiger partial charge in [-0.25, -0.2) is 4.98 Å². The maximum atomic E-state index is 13.7. The van der Waals surface area contributed by atoms with Crippen molar-refractivity contribution in [1.82, 2.24) is 9.66 Å². The van der Waals surface area contributed by atoms with E-state index in [1.165, 1.54) is 18.0 Å². The molecule has 0 radical (unpaired) electrons. The van der Waals surface area contributed by atoms with E-state index in [4.69, 9.17) is 23.6 Å². The molecule has 0 unspecified atom stereocenters. The van der Waals surface area contributed by atoms with Crippen molar-refractivity contribution in [2.24, 2.45) is 5.10 Å². The fourth-order valence-corrected chi connectivity index (χ4v) is 5.54. The topological polar surface area (TPSA) is 117 Å². The number of hydrogen-bond donors (Lipinski definition) is 1. The van der Waals surface area contributed by atoms with E-state index >= 15 is 0 Å². The van der Waals surface area contributed by atoms with E-state index in [1.54, 1.807) is 37.4 Å². The largest absolute Gasteiger partial charge is 0.496 e. The van der Waals surface area contributed by atoms with Crippen molar-refractivity contribution < 1.29 is 23.4 Å². The van der Waals surface area contributed by atoms with E-state index < -0.39 is 0 Å². The highest BCUT2D eigenvalue weighted by molar-refractivity contribution is 14.1. The van der Waals surface area contributed by atoms with E-state index in [-0.39, 0.29) is 23.9 Å². The lowest BCUT2D eigenvalue weighted by Crippen LogP contribution is -2.21. The zero-order valence-electron chi connectivity index (χ0n) is 24.5.